The highest BCUT2D eigenvalue weighted by atomic mass is 15.4. The van der Waals surface area contributed by atoms with E-state index in [2.05, 4.69) is 37.3 Å². The maximum Gasteiger partial charge on any atom is 0.132 e. The maximum atomic E-state index is 2.34. The Bertz CT molecular complexity index is 338. The number of para-hydroxylation sites is 1. The van der Waals surface area contributed by atoms with Gasteiger partial charge in [0.25, 0.3) is 0 Å². The minimum Gasteiger partial charge on any atom is -0.291 e. The molecule has 0 radical (unpaired) electrons. The zero-order valence-electron chi connectivity index (χ0n) is 12.6. The van der Waals surface area contributed by atoms with Crippen molar-refractivity contribution in [2.75, 3.05) is 19.6 Å². The lowest BCUT2D eigenvalue weighted by Gasteiger charge is -2.34. The zero-order valence-corrected chi connectivity index (χ0v) is 12.6. The van der Waals surface area contributed by atoms with Crippen molar-refractivity contribution < 1.29 is 0 Å². The van der Waals surface area contributed by atoms with Gasteiger partial charge in [-0.2, -0.15) is 0 Å². The van der Waals surface area contributed by atoms with Crippen molar-refractivity contribution in [2.45, 2.75) is 58.3 Å². The predicted molar refractivity (Wildman–Crippen MR) is 85.4 cm³/mol. The van der Waals surface area contributed by atoms with Crippen LogP contribution < -0.4 is 4.48 Å². The summed E-state index contributed by atoms with van der Waals surface area (Å²) in [7, 11) is 0. The number of nitrogens with zero attached hydrogens (tertiary/aromatic N) is 1. The first kappa shape index (κ1) is 14.6. The van der Waals surface area contributed by atoms with E-state index >= 15 is 0 Å². The summed E-state index contributed by atoms with van der Waals surface area (Å²) in [4.78, 5) is 0. The molecule has 1 heteroatoms. The number of quaternary nitrogens is 1. The van der Waals surface area contributed by atoms with Crippen LogP contribution in [0.15, 0.2) is 30.3 Å². The van der Waals surface area contributed by atoms with Gasteiger partial charge in [-0.3, -0.25) is 4.48 Å². The summed E-state index contributed by atoms with van der Waals surface area (Å²) >= 11 is 0. The second-order valence-electron chi connectivity index (χ2n) is 6.13. The second kappa shape index (κ2) is 7.69. The molecule has 0 aliphatic carbocycles. The predicted octanol–water partition coefficient (Wildman–Crippen LogP) is 5.15. The lowest BCUT2D eigenvalue weighted by Crippen LogP contribution is -2.47. The summed E-state index contributed by atoms with van der Waals surface area (Å²) in [6, 6.07) is 11.2. The Kier molecular flexibility index (Phi) is 5.91. The third-order valence-electron chi connectivity index (χ3n) is 4.67. The van der Waals surface area contributed by atoms with Crippen molar-refractivity contribution in [3.63, 3.8) is 0 Å². The Morgan fingerprint density at radius 2 is 1.47 bits per heavy atom. The molecule has 1 heterocycles. The lowest BCUT2D eigenvalue weighted by atomic mass is 10.1. The molecule has 0 saturated carbocycles. The van der Waals surface area contributed by atoms with Crippen LogP contribution in [-0.2, 0) is 0 Å². The van der Waals surface area contributed by atoms with Crippen molar-refractivity contribution in [2.24, 2.45) is 0 Å². The van der Waals surface area contributed by atoms with Gasteiger partial charge in [0.1, 0.15) is 5.69 Å². The summed E-state index contributed by atoms with van der Waals surface area (Å²) in [5.74, 6) is 0. The minimum atomic E-state index is 1.26. The van der Waals surface area contributed by atoms with E-state index < -0.39 is 0 Å². The van der Waals surface area contributed by atoms with Crippen LogP contribution in [0.1, 0.15) is 58.3 Å². The van der Waals surface area contributed by atoms with Crippen molar-refractivity contribution in [1.82, 2.24) is 4.48 Å². The molecular weight excluding hydrogens is 230 g/mol. The molecule has 1 nitrogen and oxygen atoms in total. The Morgan fingerprint density at radius 3 is 2.16 bits per heavy atom. The van der Waals surface area contributed by atoms with E-state index in [0.717, 1.165) is 0 Å². The smallest absolute Gasteiger partial charge is 0.132 e. The van der Waals surface area contributed by atoms with Gasteiger partial charge in [0, 0.05) is 12.8 Å². The average Bonchev–Trinajstić information content (AvgIpc) is 2.94. The summed E-state index contributed by atoms with van der Waals surface area (Å²) in [6.45, 7) is 6.37. The van der Waals surface area contributed by atoms with Gasteiger partial charge in [0.15, 0.2) is 0 Å². The highest BCUT2D eigenvalue weighted by molar-refractivity contribution is 5.43. The fraction of sp³-hybridized carbons (Fsp3) is 0.667. The molecule has 0 N–H and O–H groups in total. The number of unbranched alkanes of at least 4 members (excludes halogenated alkanes) is 5. The number of hydrogen-bond acceptors (Lipinski definition) is 0. The largest absolute Gasteiger partial charge is 0.291 e. The van der Waals surface area contributed by atoms with Crippen LogP contribution >= 0.6 is 0 Å². The van der Waals surface area contributed by atoms with Gasteiger partial charge in [0.05, 0.1) is 19.6 Å². The maximum absolute atomic E-state index is 2.34. The van der Waals surface area contributed by atoms with Gasteiger partial charge in [-0.25, -0.2) is 0 Å². The molecule has 1 aromatic carbocycles. The summed E-state index contributed by atoms with van der Waals surface area (Å²) in [5, 5.41) is 0. The van der Waals surface area contributed by atoms with Gasteiger partial charge < -0.3 is 0 Å². The van der Waals surface area contributed by atoms with Crippen LogP contribution in [0.4, 0.5) is 5.69 Å². The van der Waals surface area contributed by atoms with E-state index in [9.17, 15) is 0 Å². The quantitative estimate of drug-likeness (QED) is 0.448. The van der Waals surface area contributed by atoms with Crippen molar-refractivity contribution in [3.8, 4) is 0 Å². The molecule has 0 aromatic heterocycles. The van der Waals surface area contributed by atoms with Gasteiger partial charge in [-0.1, -0.05) is 50.8 Å². The number of likely N-dealkylation sites (tertiary alicyclic amines) is 1. The van der Waals surface area contributed by atoms with Gasteiger partial charge in [0.2, 0.25) is 0 Å². The Hall–Kier alpha value is -0.820. The molecule has 2 rings (SSSR count). The Balaban J connectivity index is 1.83. The Labute approximate surface area is 119 Å². The molecule has 19 heavy (non-hydrogen) atoms. The molecule has 0 unspecified atom stereocenters. The first-order valence-electron chi connectivity index (χ1n) is 8.29. The van der Waals surface area contributed by atoms with Crippen molar-refractivity contribution in [1.29, 1.82) is 0 Å². The molecule has 1 aromatic rings. The third-order valence-corrected chi connectivity index (χ3v) is 4.67. The first-order valence-corrected chi connectivity index (χ1v) is 8.29. The Morgan fingerprint density at radius 1 is 0.842 bits per heavy atom. The van der Waals surface area contributed by atoms with Crippen LogP contribution in [-0.4, -0.2) is 19.6 Å². The molecule has 0 spiro atoms. The fourth-order valence-electron chi connectivity index (χ4n) is 3.49. The van der Waals surface area contributed by atoms with Crippen molar-refractivity contribution in [3.05, 3.63) is 30.3 Å². The molecule has 1 aliphatic rings. The molecular formula is C18H30N+. The van der Waals surface area contributed by atoms with Crippen LogP contribution in [0, 0.1) is 0 Å². The average molecular weight is 260 g/mol. The number of benzene rings is 1. The SMILES string of the molecule is CCCCCCCC[N+]1(c2ccccc2)CCCC1. The third kappa shape index (κ3) is 4.07. The zero-order chi connectivity index (χ0) is 13.4. The normalized spacial score (nSPS) is 17.7. The van der Waals surface area contributed by atoms with E-state index in [1.807, 2.05) is 0 Å². The van der Waals surface area contributed by atoms with E-state index in [0.29, 0.717) is 0 Å². The van der Waals surface area contributed by atoms with Gasteiger partial charge >= 0.3 is 0 Å². The van der Waals surface area contributed by atoms with Gasteiger partial charge in [-0.15, -0.1) is 0 Å². The minimum absolute atomic E-state index is 1.26. The van der Waals surface area contributed by atoms with Crippen LogP contribution in [0.2, 0.25) is 0 Å². The summed E-state index contributed by atoms with van der Waals surface area (Å²) < 4.78 is 1.26. The van der Waals surface area contributed by atoms with E-state index in [1.54, 1.807) is 5.69 Å². The van der Waals surface area contributed by atoms with Gasteiger partial charge in [-0.05, 0) is 25.0 Å². The number of hydrogen-bond donors (Lipinski definition) is 0. The highest BCUT2D eigenvalue weighted by Gasteiger charge is 2.33. The summed E-state index contributed by atoms with van der Waals surface area (Å²) in [6.07, 6.45) is 11.3. The molecule has 1 fully saturated rings. The molecule has 0 atom stereocenters. The topological polar surface area (TPSA) is 0 Å². The standard InChI is InChI=1S/C18H30N/c1-2-3-4-5-6-10-15-19(16-11-12-17-19)18-13-8-7-9-14-18/h7-9,13-14H,2-6,10-12,15-17H2,1H3/q+1. The fourth-order valence-corrected chi connectivity index (χ4v) is 3.49. The molecule has 1 saturated heterocycles. The van der Waals surface area contributed by atoms with Crippen LogP contribution in [0.5, 0.6) is 0 Å². The van der Waals surface area contributed by atoms with Crippen molar-refractivity contribution >= 4 is 5.69 Å². The molecule has 1 aliphatic heterocycles. The molecule has 0 amide bonds. The lowest BCUT2D eigenvalue weighted by molar-refractivity contribution is 0.322. The van der Waals surface area contributed by atoms with Crippen LogP contribution in [0.3, 0.4) is 0 Å². The number of rotatable bonds is 8. The van der Waals surface area contributed by atoms with E-state index in [4.69, 9.17) is 0 Å². The van der Waals surface area contributed by atoms with Crippen LogP contribution in [0.25, 0.3) is 0 Å². The molecule has 0 bridgehead atoms. The highest BCUT2D eigenvalue weighted by Crippen LogP contribution is 2.29. The van der Waals surface area contributed by atoms with E-state index in [1.165, 1.54) is 75.5 Å². The van der Waals surface area contributed by atoms with E-state index in [-0.39, 0.29) is 0 Å². The second-order valence-corrected chi connectivity index (χ2v) is 6.13. The molecule has 106 valence electrons. The summed E-state index contributed by atoms with van der Waals surface area (Å²) in [5.41, 5.74) is 1.55. The monoisotopic (exact) mass is 260 g/mol. The first-order chi connectivity index (χ1) is 9.37.